The maximum atomic E-state index is 6.09. The maximum absolute atomic E-state index is 6.09. The molecule has 0 heterocycles. The van der Waals surface area contributed by atoms with Crippen molar-refractivity contribution >= 4 is 0 Å². The smallest absolute Gasteiger partial charge is 0.0617 e. The first-order chi connectivity index (χ1) is 8.31. The highest BCUT2D eigenvalue weighted by molar-refractivity contribution is 4.81. The van der Waals surface area contributed by atoms with Crippen molar-refractivity contribution in [3.63, 3.8) is 0 Å². The third-order valence-electron chi connectivity index (χ3n) is 4.25. The van der Waals surface area contributed by atoms with Gasteiger partial charge >= 0.3 is 0 Å². The summed E-state index contributed by atoms with van der Waals surface area (Å²) in [6.07, 6.45) is 10.8. The van der Waals surface area contributed by atoms with Gasteiger partial charge in [0.1, 0.15) is 0 Å². The van der Waals surface area contributed by atoms with Crippen molar-refractivity contribution < 1.29 is 4.74 Å². The van der Waals surface area contributed by atoms with Crippen LogP contribution < -0.4 is 5.73 Å². The highest BCUT2D eigenvalue weighted by Crippen LogP contribution is 2.32. The summed E-state index contributed by atoms with van der Waals surface area (Å²) in [5.41, 5.74) is 5.85. The van der Waals surface area contributed by atoms with Crippen molar-refractivity contribution in [3.05, 3.63) is 0 Å². The van der Waals surface area contributed by atoms with Crippen LogP contribution in [0.2, 0.25) is 0 Å². The molecule has 0 amide bonds. The third kappa shape index (κ3) is 5.39. The Morgan fingerprint density at radius 2 is 1.94 bits per heavy atom. The lowest BCUT2D eigenvalue weighted by Gasteiger charge is -2.35. The maximum Gasteiger partial charge on any atom is 0.0617 e. The molecule has 1 saturated carbocycles. The Hall–Kier alpha value is -0.0800. The SMILES string of the molecule is CCCCCCOC1CC(CC)CCC1CN. The lowest BCUT2D eigenvalue weighted by atomic mass is 9.78. The Bertz CT molecular complexity index is 184. The average molecular weight is 241 g/mol. The molecule has 1 aliphatic carbocycles. The molecular weight excluding hydrogens is 210 g/mol. The highest BCUT2D eigenvalue weighted by atomic mass is 16.5. The quantitative estimate of drug-likeness (QED) is 0.657. The summed E-state index contributed by atoms with van der Waals surface area (Å²) in [5, 5.41) is 0. The highest BCUT2D eigenvalue weighted by Gasteiger charge is 2.29. The molecule has 1 rings (SSSR count). The minimum atomic E-state index is 0.445. The van der Waals surface area contributed by atoms with E-state index in [1.807, 2.05) is 0 Å². The molecule has 102 valence electrons. The van der Waals surface area contributed by atoms with E-state index in [1.165, 1.54) is 51.4 Å². The molecule has 2 heteroatoms. The van der Waals surface area contributed by atoms with Gasteiger partial charge in [-0.25, -0.2) is 0 Å². The van der Waals surface area contributed by atoms with E-state index in [2.05, 4.69) is 13.8 Å². The van der Waals surface area contributed by atoms with Crippen molar-refractivity contribution in [2.24, 2.45) is 17.6 Å². The molecule has 2 N–H and O–H groups in total. The van der Waals surface area contributed by atoms with Crippen LogP contribution in [0.1, 0.15) is 65.2 Å². The van der Waals surface area contributed by atoms with Gasteiger partial charge in [0, 0.05) is 6.61 Å². The predicted octanol–water partition coefficient (Wildman–Crippen LogP) is 3.74. The molecule has 0 saturated heterocycles. The second-order valence-electron chi connectivity index (χ2n) is 5.55. The summed E-state index contributed by atoms with van der Waals surface area (Å²) in [4.78, 5) is 0. The molecule has 0 aromatic heterocycles. The molecule has 0 aromatic carbocycles. The molecule has 17 heavy (non-hydrogen) atoms. The van der Waals surface area contributed by atoms with Gasteiger partial charge in [0.15, 0.2) is 0 Å². The molecule has 3 atom stereocenters. The standard InChI is InChI=1S/C15H31NO/c1-3-5-6-7-10-17-15-11-13(4-2)8-9-14(15)12-16/h13-15H,3-12,16H2,1-2H3. The van der Waals surface area contributed by atoms with Gasteiger partial charge in [0.2, 0.25) is 0 Å². The largest absolute Gasteiger partial charge is 0.378 e. The molecule has 0 bridgehead atoms. The molecule has 2 nitrogen and oxygen atoms in total. The summed E-state index contributed by atoms with van der Waals surface area (Å²) in [5.74, 6) is 1.49. The molecule has 1 fully saturated rings. The van der Waals surface area contributed by atoms with Gasteiger partial charge in [-0.05, 0) is 44.1 Å². The minimum absolute atomic E-state index is 0.445. The summed E-state index contributed by atoms with van der Waals surface area (Å²) in [6, 6.07) is 0. The number of nitrogens with two attached hydrogens (primary N) is 1. The van der Waals surface area contributed by atoms with Crippen LogP contribution in [0.5, 0.6) is 0 Å². The minimum Gasteiger partial charge on any atom is -0.378 e. The summed E-state index contributed by atoms with van der Waals surface area (Å²) in [6.45, 7) is 6.29. The molecular formula is C15H31NO. The van der Waals surface area contributed by atoms with Crippen LogP contribution in [0, 0.1) is 11.8 Å². The van der Waals surface area contributed by atoms with Crippen LogP contribution >= 0.6 is 0 Å². The summed E-state index contributed by atoms with van der Waals surface area (Å²) in [7, 11) is 0. The lowest BCUT2D eigenvalue weighted by Crippen LogP contribution is -2.36. The van der Waals surface area contributed by atoms with Crippen molar-refractivity contribution in [2.45, 2.75) is 71.3 Å². The summed E-state index contributed by atoms with van der Waals surface area (Å²) < 4.78 is 6.09. The Kier molecular flexibility index (Phi) is 7.87. The first-order valence-corrected chi connectivity index (χ1v) is 7.63. The summed E-state index contributed by atoms with van der Waals surface area (Å²) >= 11 is 0. The topological polar surface area (TPSA) is 35.2 Å². The average Bonchev–Trinajstić information content (AvgIpc) is 2.38. The van der Waals surface area contributed by atoms with Gasteiger partial charge in [-0.3, -0.25) is 0 Å². The first-order valence-electron chi connectivity index (χ1n) is 7.63. The molecule has 0 spiro atoms. The third-order valence-corrected chi connectivity index (χ3v) is 4.25. The monoisotopic (exact) mass is 241 g/mol. The van der Waals surface area contributed by atoms with Crippen LogP contribution in [-0.2, 0) is 4.74 Å². The van der Waals surface area contributed by atoms with Gasteiger partial charge in [-0.2, -0.15) is 0 Å². The van der Waals surface area contributed by atoms with E-state index in [1.54, 1.807) is 0 Å². The lowest BCUT2D eigenvalue weighted by molar-refractivity contribution is -0.0251. The normalized spacial score (nSPS) is 29.5. The fourth-order valence-corrected chi connectivity index (χ4v) is 2.88. The van der Waals surface area contributed by atoms with E-state index in [-0.39, 0.29) is 0 Å². The van der Waals surface area contributed by atoms with Crippen LogP contribution in [-0.4, -0.2) is 19.3 Å². The second-order valence-corrected chi connectivity index (χ2v) is 5.55. The number of unbranched alkanes of at least 4 members (excludes halogenated alkanes) is 3. The number of ether oxygens (including phenoxy) is 1. The van der Waals surface area contributed by atoms with E-state index in [0.717, 1.165) is 19.1 Å². The van der Waals surface area contributed by atoms with E-state index >= 15 is 0 Å². The van der Waals surface area contributed by atoms with Crippen molar-refractivity contribution in [3.8, 4) is 0 Å². The number of hydrogen-bond donors (Lipinski definition) is 1. The van der Waals surface area contributed by atoms with Gasteiger partial charge in [0.05, 0.1) is 6.10 Å². The zero-order valence-corrected chi connectivity index (χ0v) is 11.8. The van der Waals surface area contributed by atoms with Gasteiger partial charge in [0.25, 0.3) is 0 Å². The first kappa shape index (κ1) is 15.0. The Morgan fingerprint density at radius 3 is 2.59 bits per heavy atom. The fourth-order valence-electron chi connectivity index (χ4n) is 2.88. The van der Waals surface area contributed by atoms with Crippen molar-refractivity contribution in [2.75, 3.05) is 13.2 Å². The van der Waals surface area contributed by atoms with Gasteiger partial charge < -0.3 is 10.5 Å². The molecule has 0 aromatic rings. The number of rotatable bonds is 8. The predicted molar refractivity (Wildman–Crippen MR) is 74.1 cm³/mol. The second kappa shape index (κ2) is 8.93. The molecule has 1 aliphatic rings. The van der Waals surface area contributed by atoms with Crippen molar-refractivity contribution in [1.82, 2.24) is 0 Å². The van der Waals surface area contributed by atoms with Crippen molar-refractivity contribution in [1.29, 1.82) is 0 Å². The van der Waals surface area contributed by atoms with Crippen LogP contribution in [0.3, 0.4) is 0 Å². The van der Waals surface area contributed by atoms with Gasteiger partial charge in [-0.15, -0.1) is 0 Å². The fraction of sp³-hybridized carbons (Fsp3) is 1.00. The Labute approximate surface area is 107 Å². The molecule has 0 aliphatic heterocycles. The zero-order valence-electron chi connectivity index (χ0n) is 11.8. The van der Waals surface area contributed by atoms with E-state index < -0.39 is 0 Å². The van der Waals surface area contributed by atoms with E-state index in [0.29, 0.717) is 12.0 Å². The molecule has 3 unspecified atom stereocenters. The van der Waals surface area contributed by atoms with Gasteiger partial charge in [-0.1, -0.05) is 39.5 Å². The van der Waals surface area contributed by atoms with Crippen LogP contribution in [0.25, 0.3) is 0 Å². The Morgan fingerprint density at radius 1 is 1.12 bits per heavy atom. The Balaban J connectivity index is 2.21. The van der Waals surface area contributed by atoms with Crippen LogP contribution in [0.15, 0.2) is 0 Å². The van der Waals surface area contributed by atoms with E-state index in [4.69, 9.17) is 10.5 Å². The van der Waals surface area contributed by atoms with E-state index in [9.17, 15) is 0 Å². The number of hydrogen-bond acceptors (Lipinski definition) is 2. The van der Waals surface area contributed by atoms with Crippen LogP contribution in [0.4, 0.5) is 0 Å². The molecule has 0 radical (unpaired) electrons. The zero-order chi connectivity index (χ0) is 12.5.